The van der Waals surface area contributed by atoms with Gasteiger partial charge in [-0.05, 0) is 31.1 Å². The van der Waals surface area contributed by atoms with Gasteiger partial charge in [-0.1, -0.05) is 34.1 Å². The summed E-state index contributed by atoms with van der Waals surface area (Å²) >= 11 is 0. The van der Waals surface area contributed by atoms with Crippen LogP contribution >= 0.6 is 0 Å². The van der Waals surface area contributed by atoms with Gasteiger partial charge in [0.25, 0.3) is 0 Å². The molecule has 1 amide bonds. The third-order valence-electron chi connectivity index (χ3n) is 5.94. The molecular weight excluding hydrogens is 422 g/mol. The second-order valence-corrected chi connectivity index (χ2v) is 9.35. The van der Waals surface area contributed by atoms with Crippen molar-refractivity contribution in [2.45, 2.75) is 109 Å². The zero-order valence-electron chi connectivity index (χ0n) is 19.6. The first kappa shape index (κ1) is 29.2. The standard InChI is InChI=1S/C22H43NO9/c1-5-13(4)8-16(26)15(23-18(27)9-14(25)7-6-12(2)3)11-31-22-21(30)20(29)19(28)17(10-24)32-22/h12-17,19-22,24-26,28-30H,5-11H2,1-4H3,(H,23,27)/t13-,14-,15+,16-,17?,19+,20+,21?,22+/m1/s1. The molecule has 32 heavy (non-hydrogen) atoms. The number of amides is 1. The zero-order chi connectivity index (χ0) is 24.4. The van der Waals surface area contributed by atoms with E-state index in [0.29, 0.717) is 18.8 Å². The molecule has 1 aliphatic heterocycles. The lowest BCUT2D eigenvalue weighted by atomic mass is 9.96. The number of aliphatic hydroxyl groups excluding tert-OH is 6. The van der Waals surface area contributed by atoms with Gasteiger partial charge in [-0.3, -0.25) is 4.79 Å². The van der Waals surface area contributed by atoms with E-state index in [4.69, 9.17) is 9.47 Å². The van der Waals surface area contributed by atoms with E-state index in [9.17, 15) is 35.4 Å². The summed E-state index contributed by atoms with van der Waals surface area (Å²) in [5.74, 6) is 0.157. The lowest BCUT2D eigenvalue weighted by Gasteiger charge is -2.40. The van der Waals surface area contributed by atoms with E-state index in [0.717, 1.165) is 12.8 Å². The fraction of sp³-hybridized carbons (Fsp3) is 0.955. The first-order valence-corrected chi connectivity index (χ1v) is 11.6. The number of hydrogen-bond acceptors (Lipinski definition) is 9. The fourth-order valence-electron chi connectivity index (χ4n) is 3.50. The maximum atomic E-state index is 12.5. The van der Waals surface area contributed by atoms with E-state index in [-0.39, 0.29) is 18.9 Å². The number of rotatable bonds is 14. The zero-order valence-corrected chi connectivity index (χ0v) is 19.6. The quantitative estimate of drug-likeness (QED) is 0.175. The Balaban J connectivity index is 2.76. The Morgan fingerprint density at radius 2 is 1.72 bits per heavy atom. The topological polar surface area (TPSA) is 169 Å². The Kier molecular flexibility index (Phi) is 13.2. The minimum absolute atomic E-state index is 0.112. The highest BCUT2D eigenvalue weighted by molar-refractivity contribution is 5.76. The summed E-state index contributed by atoms with van der Waals surface area (Å²) in [5.41, 5.74) is 0. The third-order valence-corrected chi connectivity index (χ3v) is 5.94. The Hall–Kier alpha value is -0.850. The summed E-state index contributed by atoms with van der Waals surface area (Å²) in [6.45, 7) is 7.19. The van der Waals surface area contributed by atoms with Crippen LogP contribution in [-0.4, -0.2) is 98.7 Å². The third kappa shape index (κ3) is 9.56. The van der Waals surface area contributed by atoms with Crippen LogP contribution in [0.4, 0.5) is 0 Å². The summed E-state index contributed by atoms with van der Waals surface area (Å²) in [4.78, 5) is 12.5. The molecule has 10 heteroatoms. The maximum Gasteiger partial charge on any atom is 0.222 e. The maximum absolute atomic E-state index is 12.5. The molecule has 0 aromatic carbocycles. The molecule has 0 spiro atoms. The molecule has 0 saturated carbocycles. The van der Waals surface area contributed by atoms with Crippen molar-refractivity contribution in [1.82, 2.24) is 5.32 Å². The van der Waals surface area contributed by atoms with Gasteiger partial charge in [0.05, 0.1) is 37.9 Å². The molecule has 10 nitrogen and oxygen atoms in total. The van der Waals surface area contributed by atoms with E-state index in [2.05, 4.69) is 5.32 Å². The minimum Gasteiger partial charge on any atom is -0.394 e. The molecule has 1 saturated heterocycles. The van der Waals surface area contributed by atoms with Crippen LogP contribution in [0.5, 0.6) is 0 Å². The molecule has 2 unspecified atom stereocenters. The largest absolute Gasteiger partial charge is 0.394 e. The molecular formula is C22H43NO9. The van der Waals surface area contributed by atoms with Crippen molar-refractivity contribution in [2.24, 2.45) is 11.8 Å². The molecule has 9 atom stereocenters. The van der Waals surface area contributed by atoms with Crippen molar-refractivity contribution in [2.75, 3.05) is 13.2 Å². The van der Waals surface area contributed by atoms with Crippen LogP contribution in [-0.2, 0) is 14.3 Å². The van der Waals surface area contributed by atoms with Gasteiger partial charge in [-0.25, -0.2) is 0 Å². The van der Waals surface area contributed by atoms with Gasteiger partial charge < -0.3 is 45.4 Å². The monoisotopic (exact) mass is 465 g/mol. The van der Waals surface area contributed by atoms with E-state index >= 15 is 0 Å². The number of carbonyl (C=O) groups excluding carboxylic acids is 1. The number of ether oxygens (including phenoxy) is 2. The Morgan fingerprint density at radius 3 is 2.28 bits per heavy atom. The molecule has 7 N–H and O–H groups in total. The van der Waals surface area contributed by atoms with E-state index < -0.39 is 61.5 Å². The highest BCUT2D eigenvalue weighted by Gasteiger charge is 2.44. The van der Waals surface area contributed by atoms with Gasteiger partial charge in [0, 0.05) is 0 Å². The first-order chi connectivity index (χ1) is 15.0. The molecule has 1 fully saturated rings. The summed E-state index contributed by atoms with van der Waals surface area (Å²) in [6, 6.07) is -0.846. The molecule has 0 aliphatic carbocycles. The van der Waals surface area contributed by atoms with Crippen LogP contribution in [0.25, 0.3) is 0 Å². The van der Waals surface area contributed by atoms with Crippen molar-refractivity contribution >= 4 is 5.91 Å². The van der Waals surface area contributed by atoms with Crippen molar-refractivity contribution in [3.63, 3.8) is 0 Å². The Morgan fingerprint density at radius 1 is 1.06 bits per heavy atom. The lowest BCUT2D eigenvalue weighted by Crippen LogP contribution is -2.60. The van der Waals surface area contributed by atoms with Crippen molar-refractivity contribution in [1.29, 1.82) is 0 Å². The van der Waals surface area contributed by atoms with Crippen LogP contribution in [0.15, 0.2) is 0 Å². The number of carbonyl (C=O) groups is 1. The molecule has 1 rings (SSSR count). The second kappa shape index (κ2) is 14.4. The van der Waals surface area contributed by atoms with Crippen LogP contribution in [0.3, 0.4) is 0 Å². The summed E-state index contributed by atoms with van der Waals surface area (Å²) in [7, 11) is 0. The van der Waals surface area contributed by atoms with E-state index in [1.54, 1.807) is 0 Å². The van der Waals surface area contributed by atoms with E-state index in [1.807, 2.05) is 27.7 Å². The average molecular weight is 466 g/mol. The first-order valence-electron chi connectivity index (χ1n) is 11.6. The Bertz CT molecular complexity index is 534. The molecule has 1 aliphatic rings. The number of aliphatic hydroxyl groups is 6. The molecule has 0 aromatic rings. The van der Waals surface area contributed by atoms with Crippen LogP contribution in [0.1, 0.15) is 59.8 Å². The predicted molar refractivity (Wildman–Crippen MR) is 116 cm³/mol. The summed E-state index contributed by atoms with van der Waals surface area (Å²) in [5, 5.41) is 62.7. The normalized spacial score (nSPS) is 30.0. The minimum atomic E-state index is -1.58. The number of nitrogens with one attached hydrogen (secondary N) is 1. The van der Waals surface area contributed by atoms with Crippen molar-refractivity contribution in [3.8, 4) is 0 Å². The van der Waals surface area contributed by atoms with Gasteiger partial charge in [0.15, 0.2) is 6.29 Å². The van der Waals surface area contributed by atoms with Gasteiger partial charge in [-0.15, -0.1) is 0 Å². The van der Waals surface area contributed by atoms with Crippen LogP contribution < -0.4 is 5.32 Å². The highest BCUT2D eigenvalue weighted by Crippen LogP contribution is 2.23. The molecule has 0 aromatic heterocycles. The molecule has 190 valence electrons. The highest BCUT2D eigenvalue weighted by atomic mass is 16.7. The van der Waals surface area contributed by atoms with Crippen molar-refractivity contribution in [3.05, 3.63) is 0 Å². The predicted octanol–water partition coefficient (Wildman–Crippen LogP) is -0.728. The Labute approximate surface area is 190 Å². The number of hydrogen-bond donors (Lipinski definition) is 7. The van der Waals surface area contributed by atoms with E-state index in [1.165, 1.54) is 0 Å². The van der Waals surface area contributed by atoms with Crippen LogP contribution in [0.2, 0.25) is 0 Å². The second-order valence-electron chi connectivity index (χ2n) is 9.35. The molecule has 0 bridgehead atoms. The van der Waals surface area contributed by atoms with Gasteiger partial charge in [0.2, 0.25) is 5.91 Å². The molecule has 1 heterocycles. The SMILES string of the molecule is CC[C@@H](C)C[C@@H](O)[C@H](CO[C@H]1OC(CO)[C@H](O)[C@H](O)C1O)NC(=O)C[C@H](O)CCC(C)C. The average Bonchev–Trinajstić information content (AvgIpc) is 2.74. The van der Waals surface area contributed by atoms with Gasteiger partial charge in [0.1, 0.15) is 24.4 Å². The van der Waals surface area contributed by atoms with Gasteiger partial charge >= 0.3 is 0 Å². The van der Waals surface area contributed by atoms with Crippen LogP contribution in [0, 0.1) is 11.8 Å². The lowest BCUT2D eigenvalue weighted by molar-refractivity contribution is -0.302. The molecule has 0 radical (unpaired) electrons. The summed E-state index contributed by atoms with van der Waals surface area (Å²) < 4.78 is 10.9. The van der Waals surface area contributed by atoms with Gasteiger partial charge in [-0.2, -0.15) is 0 Å². The smallest absolute Gasteiger partial charge is 0.222 e. The fourth-order valence-corrected chi connectivity index (χ4v) is 3.50. The van der Waals surface area contributed by atoms with Crippen molar-refractivity contribution < 1.29 is 44.9 Å². The summed E-state index contributed by atoms with van der Waals surface area (Å²) in [6.07, 6.45) is -6.50.